The van der Waals surface area contributed by atoms with Crippen LogP contribution >= 0.6 is 0 Å². The standard InChI is InChI=1S/C34H24N.CHF3O3S/c1-35-33(25-19-27-15-21-31(22-16-27)29-9-4-2-5-10-29)13-8-14-34(35)26-20-28-17-23-32(24-18-28)30-11-6-3-7-12-30;2-1(3,4)8(5,6)7/h2-18,21-24H,1H3;(H,5,6,7)/q+1;/p-1. The van der Waals surface area contributed by atoms with Crippen molar-refractivity contribution in [3.05, 3.63) is 150 Å². The van der Waals surface area contributed by atoms with E-state index in [9.17, 15) is 13.2 Å². The Bertz CT molecular complexity index is 1800. The SMILES string of the molecule is C[n+]1c(C#Cc2ccc(-c3ccccc3)cc2)cccc1C#Cc1ccc(-c2ccccc2)cc1.O=S(=O)([O-])C(F)(F)F. The molecule has 43 heavy (non-hydrogen) atoms. The number of halogens is 3. The van der Waals surface area contributed by atoms with Crippen LogP contribution in [-0.4, -0.2) is 18.5 Å². The number of hydrogen-bond donors (Lipinski definition) is 0. The van der Waals surface area contributed by atoms with Gasteiger partial charge in [0.25, 0.3) is 11.4 Å². The fourth-order valence-corrected chi connectivity index (χ4v) is 3.86. The Kier molecular flexibility index (Phi) is 9.80. The molecule has 0 spiro atoms. The number of pyridine rings is 1. The molecule has 1 heterocycles. The van der Waals surface area contributed by atoms with E-state index >= 15 is 0 Å². The first-order chi connectivity index (χ1) is 20.5. The Hall–Kier alpha value is -5.15. The van der Waals surface area contributed by atoms with Gasteiger partial charge in [0.1, 0.15) is 7.05 Å². The predicted molar refractivity (Wildman–Crippen MR) is 159 cm³/mol. The van der Waals surface area contributed by atoms with Gasteiger partial charge >= 0.3 is 5.51 Å². The molecule has 5 rings (SSSR count). The fourth-order valence-electron chi connectivity index (χ4n) is 3.86. The second kappa shape index (κ2) is 13.7. The molecule has 0 atom stereocenters. The zero-order valence-electron chi connectivity index (χ0n) is 22.8. The van der Waals surface area contributed by atoms with Crippen molar-refractivity contribution in [2.75, 3.05) is 0 Å². The molecule has 4 aromatic carbocycles. The maximum Gasteiger partial charge on any atom is 0.485 e. The highest BCUT2D eigenvalue weighted by atomic mass is 32.2. The average Bonchev–Trinajstić information content (AvgIpc) is 3.01. The van der Waals surface area contributed by atoms with Gasteiger partial charge in [-0.2, -0.15) is 17.7 Å². The molecule has 0 saturated carbocycles. The Morgan fingerprint density at radius 3 is 1.19 bits per heavy atom. The fraction of sp³-hybridized carbons (Fsp3) is 0.0571. The van der Waals surface area contributed by atoms with Gasteiger partial charge in [-0.25, -0.2) is 8.42 Å². The molecule has 4 nitrogen and oxygen atoms in total. The van der Waals surface area contributed by atoms with E-state index in [2.05, 4.69) is 121 Å². The molecule has 214 valence electrons. The molecule has 0 unspecified atom stereocenters. The third-order valence-corrected chi connectivity index (χ3v) is 6.74. The molecule has 0 aliphatic heterocycles. The molecule has 5 aromatic rings. The van der Waals surface area contributed by atoms with Crippen LogP contribution in [-0.2, 0) is 17.2 Å². The zero-order chi connectivity index (χ0) is 30.9. The summed E-state index contributed by atoms with van der Waals surface area (Å²) in [7, 11) is -4.09. The molecular formula is C35H24F3NO3S. The molecule has 0 fully saturated rings. The van der Waals surface area contributed by atoms with Crippen LogP contribution in [0.2, 0.25) is 0 Å². The maximum atomic E-state index is 10.7. The quantitative estimate of drug-likeness (QED) is 0.0989. The molecule has 0 N–H and O–H groups in total. The minimum atomic E-state index is -6.09. The highest BCUT2D eigenvalue weighted by molar-refractivity contribution is 7.86. The molecule has 0 radical (unpaired) electrons. The van der Waals surface area contributed by atoms with Gasteiger partial charge in [-0.15, -0.1) is 0 Å². The van der Waals surface area contributed by atoms with Crippen LogP contribution in [0.4, 0.5) is 13.2 Å². The minimum Gasteiger partial charge on any atom is -0.741 e. The van der Waals surface area contributed by atoms with Gasteiger partial charge in [-0.1, -0.05) is 96.8 Å². The van der Waals surface area contributed by atoms with Crippen molar-refractivity contribution in [3.63, 3.8) is 0 Å². The minimum absolute atomic E-state index is 0.920. The summed E-state index contributed by atoms with van der Waals surface area (Å²) in [5.41, 5.74) is 2.96. The third-order valence-electron chi connectivity index (χ3n) is 6.17. The number of alkyl halides is 3. The topological polar surface area (TPSA) is 61.1 Å². The maximum absolute atomic E-state index is 10.7. The molecule has 0 aliphatic carbocycles. The number of nitrogens with zero attached hydrogens (tertiary/aromatic N) is 1. The van der Waals surface area contributed by atoms with Gasteiger partial charge in [-0.05, 0) is 52.6 Å². The summed E-state index contributed by atoms with van der Waals surface area (Å²) in [6.45, 7) is 0. The van der Waals surface area contributed by atoms with E-state index in [0.29, 0.717) is 0 Å². The largest absolute Gasteiger partial charge is 0.741 e. The summed E-state index contributed by atoms with van der Waals surface area (Å²) in [5, 5.41) is 0. The van der Waals surface area contributed by atoms with Crippen LogP contribution in [0, 0.1) is 23.7 Å². The van der Waals surface area contributed by atoms with Gasteiger partial charge in [0.15, 0.2) is 10.1 Å². The number of aromatic nitrogens is 1. The Balaban J connectivity index is 0.000000467. The molecule has 0 bridgehead atoms. The monoisotopic (exact) mass is 595 g/mol. The van der Waals surface area contributed by atoms with Crippen molar-refractivity contribution in [2.45, 2.75) is 5.51 Å². The normalized spacial score (nSPS) is 10.7. The average molecular weight is 596 g/mol. The zero-order valence-corrected chi connectivity index (χ0v) is 23.7. The highest BCUT2D eigenvalue weighted by Crippen LogP contribution is 2.21. The molecule has 0 amide bonds. The van der Waals surface area contributed by atoms with Crippen molar-refractivity contribution >= 4 is 10.1 Å². The van der Waals surface area contributed by atoms with Gasteiger partial charge in [-0.3, -0.25) is 0 Å². The molecule has 1 aromatic heterocycles. The number of hydrogen-bond acceptors (Lipinski definition) is 3. The van der Waals surface area contributed by atoms with E-state index in [1.807, 2.05) is 41.9 Å². The molecule has 0 aliphatic rings. The van der Waals surface area contributed by atoms with Crippen LogP contribution in [0.25, 0.3) is 22.3 Å². The van der Waals surface area contributed by atoms with Gasteiger partial charge in [0.2, 0.25) is 0 Å². The van der Waals surface area contributed by atoms with E-state index in [4.69, 9.17) is 13.0 Å². The van der Waals surface area contributed by atoms with E-state index in [-0.39, 0.29) is 0 Å². The summed E-state index contributed by atoms with van der Waals surface area (Å²) in [4.78, 5) is 0. The summed E-state index contributed by atoms with van der Waals surface area (Å²) < 4.78 is 60.9. The molecule has 8 heteroatoms. The highest BCUT2D eigenvalue weighted by Gasteiger charge is 2.36. The van der Waals surface area contributed by atoms with Crippen molar-refractivity contribution in [3.8, 4) is 45.9 Å². The summed E-state index contributed by atoms with van der Waals surface area (Å²) in [6, 6.07) is 43.5. The Labute approximate surface area is 248 Å². The lowest BCUT2D eigenvalue weighted by Crippen LogP contribution is -2.36. The van der Waals surface area contributed by atoms with E-state index in [1.165, 1.54) is 22.3 Å². The Morgan fingerprint density at radius 2 is 0.860 bits per heavy atom. The molecular weight excluding hydrogens is 571 g/mol. The van der Waals surface area contributed by atoms with E-state index < -0.39 is 15.6 Å². The second-order valence-corrected chi connectivity index (χ2v) is 10.5. The smallest absolute Gasteiger partial charge is 0.485 e. The van der Waals surface area contributed by atoms with Crippen molar-refractivity contribution in [1.29, 1.82) is 0 Å². The summed E-state index contributed by atoms with van der Waals surface area (Å²) in [5.74, 6) is 13.2. The lowest BCUT2D eigenvalue weighted by molar-refractivity contribution is -0.676. The first-order valence-electron chi connectivity index (χ1n) is 12.9. The lowest BCUT2D eigenvalue weighted by atomic mass is 10.0. The van der Waals surface area contributed by atoms with Crippen LogP contribution in [0.15, 0.2) is 127 Å². The first kappa shape index (κ1) is 30.8. The Morgan fingerprint density at radius 1 is 0.535 bits per heavy atom. The van der Waals surface area contributed by atoms with Crippen LogP contribution in [0.3, 0.4) is 0 Å². The number of benzene rings is 4. The summed E-state index contributed by atoms with van der Waals surface area (Å²) in [6.07, 6.45) is 0. The number of rotatable bonds is 2. The lowest BCUT2D eigenvalue weighted by Gasteiger charge is -2.08. The predicted octanol–water partition coefficient (Wildman–Crippen LogP) is 6.70. The van der Waals surface area contributed by atoms with Crippen molar-refractivity contribution in [1.82, 2.24) is 0 Å². The van der Waals surface area contributed by atoms with Gasteiger partial charge < -0.3 is 4.55 Å². The van der Waals surface area contributed by atoms with Crippen LogP contribution in [0.5, 0.6) is 0 Å². The molecule has 0 saturated heterocycles. The van der Waals surface area contributed by atoms with Crippen LogP contribution < -0.4 is 4.57 Å². The van der Waals surface area contributed by atoms with Gasteiger partial charge in [0, 0.05) is 35.1 Å². The van der Waals surface area contributed by atoms with Gasteiger partial charge in [0.05, 0.1) is 0 Å². The van der Waals surface area contributed by atoms with Crippen molar-refractivity contribution in [2.24, 2.45) is 7.05 Å². The van der Waals surface area contributed by atoms with Crippen LogP contribution in [0.1, 0.15) is 22.5 Å². The summed E-state index contributed by atoms with van der Waals surface area (Å²) >= 11 is 0. The van der Waals surface area contributed by atoms with E-state index in [0.717, 1.165) is 22.5 Å². The van der Waals surface area contributed by atoms with E-state index in [1.54, 1.807) is 0 Å². The van der Waals surface area contributed by atoms with Crippen molar-refractivity contribution < 1.29 is 30.7 Å². The third kappa shape index (κ3) is 8.67. The second-order valence-electron chi connectivity index (χ2n) is 9.14. The first-order valence-corrected chi connectivity index (χ1v) is 14.3.